The van der Waals surface area contributed by atoms with Gasteiger partial charge in [-0.15, -0.1) is 0 Å². The third kappa shape index (κ3) is 5.66. The van der Waals surface area contributed by atoms with E-state index < -0.39 is 0 Å². The summed E-state index contributed by atoms with van der Waals surface area (Å²) in [6.45, 7) is 4.61. The maximum atomic E-state index is 12.4. The zero-order valence-corrected chi connectivity index (χ0v) is 17.9. The van der Waals surface area contributed by atoms with Gasteiger partial charge in [0.2, 0.25) is 5.91 Å². The summed E-state index contributed by atoms with van der Waals surface area (Å²) in [7, 11) is 1.78. The van der Waals surface area contributed by atoms with Gasteiger partial charge in [0.25, 0.3) is 0 Å². The van der Waals surface area contributed by atoms with Gasteiger partial charge in [0.1, 0.15) is 11.5 Å². The van der Waals surface area contributed by atoms with Crippen LogP contribution in [0.3, 0.4) is 0 Å². The summed E-state index contributed by atoms with van der Waals surface area (Å²) in [5, 5.41) is 4.12. The molecule has 3 aromatic rings. The number of aromatic nitrogens is 1. The fraction of sp³-hybridized carbons (Fsp3) is 0.320. The van der Waals surface area contributed by atoms with Crippen molar-refractivity contribution in [2.45, 2.75) is 39.5 Å². The van der Waals surface area contributed by atoms with Crippen LogP contribution in [0.2, 0.25) is 0 Å². The van der Waals surface area contributed by atoms with Crippen LogP contribution >= 0.6 is 0 Å². The van der Waals surface area contributed by atoms with Gasteiger partial charge in [-0.25, -0.2) is 0 Å². The SMILES string of the molecule is Cc1ccc(C(=O)CCC(=O)N(C)CCCc2cc(-c3ccccc3)no2)cc1C. The highest BCUT2D eigenvalue weighted by atomic mass is 16.5. The minimum absolute atomic E-state index is 0.00921. The van der Waals surface area contributed by atoms with E-state index in [4.69, 9.17) is 4.52 Å². The van der Waals surface area contributed by atoms with Gasteiger partial charge in [0.15, 0.2) is 5.78 Å². The maximum Gasteiger partial charge on any atom is 0.222 e. The molecule has 0 aliphatic heterocycles. The Hall–Kier alpha value is -3.21. The van der Waals surface area contributed by atoms with Gasteiger partial charge in [-0.1, -0.05) is 47.6 Å². The molecular formula is C25H28N2O3. The van der Waals surface area contributed by atoms with Crippen LogP contribution in [0.25, 0.3) is 11.3 Å². The molecule has 0 unspecified atom stereocenters. The summed E-state index contributed by atoms with van der Waals surface area (Å²) in [5.74, 6) is 0.796. The lowest BCUT2D eigenvalue weighted by atomic mass is 10.0. The first-order valence-electron chi connectivity index (χ1n) is 10.3. The summed E-state index contributed by atoms with van der Waals surface area (Å²) in [6.07, 6.45) is 1.94. The number of carbonyl (C=O) groups is 2. The van der Waals surface area contributed by atoms with E-state index in [9.17, 15) is 9.59 Å². The van der Waals surface area contributed by atoms with Gasteiger partial charge in [-0.05, 0) is 37.5 Å². The Morgan fingerprint density at radius 2 is 1.73 bits per heavy atom. The molecule has 1 aromatic heterocycles. The predicted molar refractivity (Wildman–Crippen MR) is 117 cm³/mol. The Kier molecular flexibility index (Phi) is 7.17. The van der Waals surface area contributed by atoms with Crippen molar-refractivity contribution in [2.24, 2.45) is 0 Å². The molecule has 156 valence electrons. The van der Waals surface area contributed by atoms with Crippen molar-refractivity contribution in [1.29, 1.82) is 0 Å². The number of hydrogen-bond acceptors (Lipinski definition) is 4. The predicted octanol–water partition coefficient (Wildman–Crippen LogP) is 5.01. The van der Waals surface area contributed by atoms with Crippen LogP contribution in [0, 0.1) is 13.8 Å². The van der Waals surface area contributed by atoms with E-state index in [0.717, 1.165) is 34.6 Å². The van der Waals surface area contributed by atoms with Crippen LogP contribution in [0.5, 0.6) is 0 Å². The molecule has 0 saturated carbocycles. The normalized spacial score (nSPS) is 10.8. The molecule has 0 aliphatic rings. The van der Waals surface area contributed by atoms with Gasteiger partial charge < -0.3 is 9.42 Å². The number of hydrogen-bond donors (Lipinski definition) is 0. The summed E-state index contributed by atoms with van der Waals surface area (Å²) in [5.41, 5.74) is 4.76. The third-order valence-electron chi connectivity index (χ3n) is 5.37. The van der Waals surface area contributed by atoms with Crippen molar-refractivity contribution >= 4 is 11.7 Å². The quantitative estimate of drug-likeness (QED) is 0.470. The first kappa shape index (κ1) is 21.5. The van der Waals surface area contributed by atoms with Crippen LogP contribution < -0.4 is 0 Å². The lowest BCUT2D eigenvalue weighted by Crippen LogP contribution is -2.28. The second-order valence-electron chi connectivity index (χ2n) is 7.69. The lowest BCUT2D eigenvalue weighted by Gasteiger charge is -2.16. The zero-order chi connectivity index (χ0) is 21.5. The Balaban J connectivity index is 1.42. The second-order valence-corrected chi connectivity index (χ2v) is 7.69. The molecule has 0 N–H and O–H groups in total. The molecule has 0 fully saturated rings. The number of Topliss-reactive ketones (excluding diaryl/α,β-unsaturated/α-hetero) is 1. The third-order valence-corrected chi connectivity index (χ3v) is 5.37. The number of carbonyl (C=O) groups excluding carboxylic acids is 2. The molecule has 0 radical (unpaired) electrons. The van der Waals surface area contributed by atoms with Gasteiger partial charge in [-0.3, -0.25) is 9.59 Å². The number of rotatable bonds is 9. The highest BCUT2D eigenvalue weighted by Crippen LogP contribution is 2.19. The van der Waals surface area contributed by atoms with Gasteiger partial charge in [-0.2, -0.15) is 0 Å². The Morgan fingerprint density at radius 3 is 2.47 bits per heavy atom. The number of amides is 1. The average molecular weight is 405 g/mol. The highest BCUT2D eigenvalue weighted by Gasteiger charge is 2.14. The number of nitrogens with zero attached hydrogens (tertiary/aromatic N) is 2. The minimum Gasteiger partial charge on any atom is -0.361 e. The van der Waals surface area contributed by atoms with Crippen LogP contribution in [-0.4, -0.2) is 35.3 Å². The van der Waals surface area contributed by atoms with Crippen LogP contribution in [0.1, 0.15) is 46.5 Å². The number of benzene rings is 2. The molecule has 30 heavy (non-hydrogen) atoms. The summed E-state index contributed by atoms with van der Waals surface area (Å²) < 4.78 is 5.41. The Bertz CT molecular complexity index is 1010. The van der Waals surface area contributed by atoms with Crippen LogP contribution in [0.15, 0.2) is 59.1 Å². The van der Waals surface area contributed by atoms with E-state index in [1.165, 1.54) is 0 Å². The van der Waals surface area contributed by atoms with Crippen molar-refractivity contribution in [3.8, 4) is 11.3 Å². The summed E-state index contributed by atoms with van der Waals surface area (Å²) in [4.78, 5) is 26.4. The van der Waals surface area contributed by atoms with Crippen molar-refractivity contribution in [3.05, 3.63) is 77.0 Å². The van der Waals surface area contributed by atoms with Gasteiger partial charge in [0.05, 0.1) is 0 Å². The van der Waals surface area contributed by atoms with E-state index in [0.29, 0.717) is 18.5 Å². The average Bonchev–Trinajstić information content (AvgIpc) is 3.23. The number of aryl methyl sites for hydroxylation is 3. The number of ketones is 1. The minimum atomic E-state index is -0.0188. The molecule has 0 atom stereocenters. The smallest absolute Gasteiger partial charge is 0.222 e. The maximum absolute atomic E-state index is 12.4. The zero-order valence-electron chi connectivity index (χ0n) is 17.9. The Morgan fingerprint density at radius 1 is 0.967 bits per heavy atom. The van der Waals surface area contributed by atoms with Crippen molar-refractivity contribution in [3.63, 3.8) is 0 Å². The molecule has 0 saturated heterocycles. The molecule has 1 amide bonds. The molecular weight excluding hydrogens is 376 g/mol. The standard InChI is InChI=1S/C25H28N2O3/c1-18-11-12-21(16-19(18)2)24(28)13-14-25(29)27(3)15-7-10-22-17-23(26-30-22)20-8-5-4-6-9-20/h4-6,8-9,11-12,16-17H,7,10,13-15H2,1-3H3. The molecule has 0 spiro atoms. The largest absolute Gasteiger partial charge is 0.361 e. The van der Waals surface area contributed by atoms with Crippen molar-refractivity contribution in [2.75, 3.05) is 13.6 Å². The van der Waals surface area contributed by atoms with Crippen molar-refractivity contribution < 1.29 is 14.1 Å². The van der Waals surface area contributed by atoms with Gasteiger partial charge in [0, 0.05) is 50.0 Å². The fourth-order valence-corrected chi connectivity index (χ4v) is 3.26. The van der Waals surface area contributed by atoms with Crippen molar-refractivity contribution in [1.82, 2.24) is 10.1 Å². The highest BCUT2D eigenvalue weighted by molar-refractivity contribution is 5.98. The Labute approximate surface area is 177 Å². The lowest BCUT2D eigenvalue weighted by molar-refractivity contribution is -0.129. The molecule has 2 aromatic carbocycles. The first-order chi connectivity index (χ1) is 14.4. The first-order valence-corrected chi connectivity index (χ1v) is 10.3. The molecule has 3 rings (SSSR count). The summed E-state index contributed by atoms with van der Waals surface area (Å²) >= 11 is 0. The molecule has 0 aliphatic carbocycles. The van der Waals surface area contributed by atoms with E-state index in [1.54, 1.807) is 11.9 Å². The second kappa shape index (κ2) is 10.0. The molecule has 0 bridgehead atoms. The van der Waals surface area contributed by atoms with E-state index in [2.05, 4.69) is 5.16 Å². The van der Waals surface area contributed by atoms with Crippen LogP contribution in [-0.2, 0) is 11.2 Å². The fourth-order valence-electron chi connectivity index (χ4n) is 3.26. The van der Waals surface area contributed by atoms with E-state index >= 15 is 0 Å². The molecule has 5 heteroatoms. The summed E-state index contributed by atoms with van der Waals surface area (Å²) in [6, 6.07) is 17.5. The molecule has 1 heterocycles. The van der Waals surface area contributed by atoms with E-state index in [-0.39, 0.29) is 24.5 Å². The monoisotopic (exact) mass is 404 g/mol. The molecule has 5 nitrogen and oxygen atoms in total. The topological polar surface area (TPSA) is 63.4 Å². The van der Waals surface area contributed by atoms with Gasteiger partial charge >= 0.3 is 0 Å². The van der Waals surface area contributed by atoms with Crippen LogP contribution in [0.4, 0.5) is 0 Å². The van der Waals surface area contributed by atoms with E-state index in [1.807, 2.05) is 68.4 Å².